The molecule has 0 aromatic carbocycles. The summed E-state index contributed by atoms with van der Waals surface area (Å²) < 4.78 is 0. The first-order valence-electron chi connectivity index (χ1n) is 5.87. The molecular formula is C11H20N2O. The Bertz CT molecular complexity index is 217. The summed E-state index contributed by atoms with van der Waals surface area (Å²) in [5.74, 6) is 0.743. The van der Waals surface area contributed by atoms with Crippen molar-refractivity contribution >= 4 is 6.03 Å². The molecule has 1 N–H and O–H groups in total. The van der Waals surface area contributed by atoms with Crippen molar-refractivity contribution in [2.75, 3.05) is 13.1 Å². The van der Waals surface area contributed by atoms with E-state index in [0.29, 0.717) is 6.04 Å². The predicted octanol–water partition coefficient (Wildman–Crippen LogP) is 1.98. The van der Waals surface area contributed by atoms with Crippen molar-refractivity contribution in [1.29, 1.82) is 0 Å². The highest BCUT2D eigenvalue weighted by atomic mass is 16.2. The number of amides is 2. The van der Waals surface area contributed by atoms with Crippen LogP contribution in [0.15, 0.2) is 0 Å². The van der Waals surface area contributed by atoms with Gasteiger partial charge in [-0.05, 0) is 18.8 Å². The predicted molar refractivity (Wildman–Crippen MR) is 56.1 cm³/mol. The number of nitrogens with zero attached hydrogens (tertiary/aromatic N) is 1. The van der Waals surface area contributed by atoms with Crippen molar-refractivity contribution in [3.05, 3.63) is 0 Å². The van der Waals surface area contributed by atoms with Crippen LogP contribution < -0.4 is 5.32 Å². The van der Waals surface area contributed by atoms with Gasteiger partial charge >= 0.3 is 6.03 Å². The molecule has 0 bridgehead atoms. The summed E-state index contributed by atoms with van der Waals surface area (Å²) in [4.78, 5) is 13.6. The first-order valence-corrected chi connectivity index (χ1v) is 5.87. The monoisotopic (exact) mass is 196 g/mol. The Balaban J connectivity index is 2.02. The first-order chi connectivity index (χ1) is 6.83. The van der Waals surface area contributed by atoms with Crippen LogP contribution in [0.5, 0.6) is 0 Å². The van der Waals surface area contributed by atoms with Gasteiger partial charge in [-0.25, -0.2) is 4.79 Å². The van der Waals surface area contributed by atoms with Crippen LogP contribution in [-0.4, -0.2) is 30.1 Å². The van der Waals surface area contributed by atoms with Crippen molar-refractivity contribution in [3.8, 4) is 0 Å². The topological polar surface area (TPSA) is 32.3 Å². The van der Waals surface area contributed by atoms with Gasteiger partial charge in [-0.15, -0.1) is 0 Å². The minimum atomic E-state index is 0.162. The second kappa shape index (κ2) is 4.20. The van der Waals surface area contributed by atoms with Crippen LogP contribution in [0.1, 0.15) is 39.0 Å². The van der Waals surface area contributed by atoms with Crippen molar-refractivity contribution in [3.63, 3.8) is 0 Å². The lowest BCUT2D eigenvalue weighted by atomic mass is 9.82. The van der Waals surface area contributed by atoms with Crippen molar-refractivity contribution < 1.29 is 4.79 Å². The van der Waals surface area contributed by atoms with Crippen molar-refractivity contribution in [2.24, 2.45) is 5.92 Å². The molecular weight excluding hydrogens is 176 g/mol. The SMILES string of the molecule is CCC1CCCCC1N1CCNC1=O. The summed E-state index contributed by atoms with van der Waals surface area (Å²) in [5.41, 5.74) is 0. The molecule has 0 radical (unpaired) electrons. The fraction of sp³-hybridized carbons (Fsp3) is 0.909. The van der Waals surface area contributed by atoms with Gasteiger partial charge in [-0.3, -0.25) is 0 Å². The maximum absolute atomic E-state index is 11.5. The molecule has 0 spiro atoms. The van der Waals surface area contributed by atoms with Gasteiger partial charge in [-0.2, -0.15) is 0 Å². The van der Waals surface area contributed by atoms with Gasteiger partial charge in [0, 0.05) is 19.1 Å². The molecule has 80 valence electrons. The quantitative estimate of drug-likeness (QED) is 0.719. The Morgan fingerprint density at radius 3 is 2.86 bits per heavy atom. The van der Waals surface area contributed by atoms with E-state index in [1.807, 2.05) is 0 Å². The van der Waals surface area contributed by atoms with E-state index in [9.17, 15) is 4.79 Å². The van der Waals surface area contributed by atoms with Crippen LogP contribution in [-0.2, 0) is 0 Å². The molecule has 1 saturated carbocycles. The second-order valence-corrected chi connectivity index (χ2v) is 4.45. The second-order valence-electron chi connectivity index (χ2n) is 4.45. The van der Waals surface area contributed by atoms with Crippen LogP contribution in [0.2, 0.25) is 0 Å². The zero-order valence-electron chi connectivity index (χ0n) is 8.96. The third-order valence-electron chi connectivity index (χ3n) is 3.68. The molecule has 0 aromatic heterocycles. The number of carbonyl (C=O) groups is 1. The highest BCUT2D eigenvalue weighted by Crippen LogP contribution is 2.31. The highest BCUT2D eigenvalue weighted by molar-refractivity contribution is 5.76. The molecule has 2 aliphatic rings. The van der Waals surface area contributed by atoms with Gasteiger partial charge in [0.1, 0.15) is 0 Å². The van der Waals surface area contributed by atoms with Gasteiger partial charge in [0.05, 0.1) is 0 Å². The zero-order chi connectivity index (χ0) is 9.97. The fourth-order valence-electron chi connectivity index (χ4n) is 2.88. The zero-order valence-corrected chi connectivity index (χ0v) is 8.96. The molecule has 1 saturated heterocycles. The number of hydrogen-bond acceptors (Lipinski definition) is 1. The van der Waals surface area contributed by atoms with Gasteiger partial charge in [-0.1, -0.05) is 26.2 Å². The smallest absolute Gasteiger partial charge is 0.317 e. The number of carbonyl (C=O) groups excluding carboxylic acids is 1. The Morgan fingerprint density at radius 1 is 1.43 bits per heavy atom. The molecule has 3 nitrogen and oxygen atoms in total. The van der Waals surface area contributed by atoms with Gasteiger partial charge in [0.15, 0.2) is 0 Å². The third-order valence-corrected chi connectivity index (χ3v) is 3.68. The first kappa shape index (κ1) is 9.81. The van der Waals surface area contributed by atoms with Crippen molar-refractivity contribution in [1.82, 2.24) is 10.2 Å². The molecule has 2 unspecified atom stereocenters. The van der Waals surface area contributed by atoms with E-state index >= 15 is 0 Å². The summed E-state index contributed by atoms with van der Waals surface area (Å²) >= 11 is 0. The van der Waals surface area contributed by atoms with Gasteiger partial charge in [0.25, 0.3) is 0 Å². The minimum Gasteiger partial charge on any atom is -0.336 e. The summed E-state index contributed by atoms with van der Waals surface area (Å²) in [6, 6.07) is 0.687. The number of rotatable bonds is 2. The van der Waals surface area contributed by atoms with E-state index in [-0.39, 0.29) is 6.03 Å². The van der Waals surface area contributed by atoms with E-state index in [4.69, 9.17) is 0 Å². The largest absolute Gasteiger partial charge is 0.336 e. The number of urea groups is 1. The molecule has 3 heteroatoms. The fourth-order valence-corrected chi connectivity index (χ4v) is 2.88. The summed E-state index contributed by atoms with van der Waals surface area (Å²) in [5, 5.41) is 2.90. The van der Waals surface area contributed by atoms with Crippen molar-refractivity contribution in [2.45, 2.75) is 45.1 Å². The van der Waals surface area contributed by atoms with Gasteiger partial charge in [0.2, 0.25) is 0 Å². The van der Waals surface area contributed by atoms with E-state index < -0.39 is 0 Å². The van der Waals surface area contributed by atoms with Gasteiger partial charge < -0.3 is 10.2 Å². The summed E-state index contributed by atoms with van der Waals surface area (Å²) in [7, 11) is 0. The van der Waals surface area contributed by atoms with E-state index in [0.717, 1.165) is 19.0 Å². The number of hydrogen-bond donors (Lipinski definition) is 1. The molecule has 2 amide bonds. The summed E-state index contributed by atoms with van der Waals surface area (Å²) in [6.45, 7) is 4.00. The Hall–Kier alpha value is -0.730. The lowest BCUT2D eigenvalue weighted by Gasteiger charge is -2.36. The lowest BCUT2D eigenvalue weighted by Crippen LogP contribution is -2.44. The molecule has 2 fully saturated rings. The molecule has 1 aliphatic heterocycles. The van der Waals surface area contributed by atoms with E-state index in [1.165, 1.54) is 32.1 Å². The van der Waals surface area contributed by atoms with Crippen LogP contribution >= 0.6 is 0 Å². The van der Waals surface area contributed by atoms with Crippen LogP contribution in [0, 0.1) is 5.92 Å². The Labute approximate surface area is 85.8 Å². The normalized spacial score (nSPS) is 33.2. The molecule has 2 atom stereocenters. The molecule has 14 heavy (non-hydrogen) atoms. The summed E-state index contributed by atoms with van der Waals surface area (Å²) in [6.07, 6.45) is 6.39. The van der Waals surface area contributed by atoms with Crippen LogP contribution in [0.4, 0.5) is 4.79 Å². The standard InChI is InChI=1S/C11H20N2O/c1-2-9-5-3-4-6-10(9)13-8-7-12-11(13)14/h9-10H,2-8H2,1H3,(H,12,14). The third kappa shape index (κ3) is 1.72. The average Bonchev–Trinajstić information content (AvgIpc) is 2.64. The minimum absolute atomic E-state index is 0.162. The van der Waals surface area contributed by atoms with Crippen LogP contribution in [0.3, 0.4) is 0 Å². The van der Waals surface area contributed by atoms with Crippen LogP contribution in [0.25, 0.3) is 0 Å². The highest BCUT2D eigenvalue weighted by Gasteiger charge is 2.33. The Morgan fingerprint density at radius 2 is 2.21 bits per heavy atom. The Kier molecular flexibility index (Phi) is 2.94. The maximum Gasteiger partial charge on any atom is 0.317 e. The molecule has 2 rings (SSSR count). The average molecular weight is 196 g/mol. The molecule has 0 aromatic rings. The van der Waals surface area contributed by atoms with E-state index in [2.05, 4.69) is 17.1 Å². The molecule has 1 aliphatic carbocycles. The number of nitrogens with one attached hydrogen (secondary N) is 1. The molecule has 1 heterocycles. The lowest BCUT2D eigenvalue weighted by molar-refractivity contribution is 0.137. The maximum atomic E-state index is 11.5. The van der Waals surface area contributed by atoms with E-state index in [1.54, 1.807) is 0 Å².